The SMILES string of the molecule is O=C(Cc1c(C(=O)O)[nH]c2ccccc12)Nc1ccc(Oc2ccccc2)cc1. The molecule has 0 saturated carbocycles. The Morgan fingerprint density at radius 3 is 2.24 bits per heavy atom. The summed E-state index contributed by atoms with van der Waals surface area (Å²) in [6, 6.07) is 23.6. The molecule has 1 heterocycles. The van der Waals surface area contributed by atoms with Gasteiger partial charge in [-0.25, -0.2) is 4.79 Å². The van der Waals surface area contributed by atoms with Gasteiger partial charge in [-0.1, -0.05) is 36.4 Å². The quantitative estimate of drug-likeness (QED) is 0.442. The Labute approximate surface area is 166 Å². The number of carboxylic acids is 1. The highest BCUT2D eigenvalue weighted by molar-refractivity contribution is 6.02. The molecular formula is C23H18N2O4. The minimum absolute atomic E-state index is 0.0351. The normalized spacial score (nSPS) is 10.6. The maximum atomic E-state index is 12.5. The summed E-state index contributed by atoms with van der Waals surface area (Å²) in [6.07, 6.45) is -0.0477. The van der Waals surface area contributed by atoms with Gasteiger partial charge in [0.15, 0.2) is 0 Å². The third-order valence-corrected chi connectivity index (χ3v) is 4.48. The molecule has 0 fully saturated rings. The van der Waals surface area contributed by atoms with Crippen molar-refractivity contribution in [3.05, 3.63) is 90.1 Å². The molecule has 0 saturated heterocycles. The van der Waals surface area contributed by atoms with Gasteiger partial charge in [0.1, 0.15) is 17.2 Å². The first-order chi connectivity index (χ1) is 14.1. The number of fused-ring (bicyclic) bond motifs is 1. The fourth-order valence-corrected chi connectivity index (χ4v) is 3.16. The molecule has 0 aliphatic rings. The maximum Gasteiger partial charge on any atom is 0.352 e. The van der Waals surface area contributed by atoms with E-state index in [0.29, 0.717) is 22.5 Å². The van der Waals surface area contributed by atoms with Crippen LogP contribution in [0.25, 0.3) is 10.9 Å². The smallest absolute Gasteiger partial charge is 0.352 e. The lowest BCUT2D eigenvalue weighted by atomic mass is 10.1. The molecule has 4 aromatic rings. The van der Waals surface area contributed by atoms with Gasteiger partial charge in [0.25, 0.3) is 0 Å². The minimum Gasteiger partial charge on any atom is -0.477 e. The van der Waals surface area contributed by atoms with E-state index in [2.05, 4.69) is 10.3 Å². The van der Waals surface area contributed by atoms with E-state index in [-0.39, 0.29) is 18.0 Å². The molecule has 3 aromatic carbocycles. The number of hydrogen-bond donors (Lipinski definition) is 3. The summed E-state index contributed by atoms with van der Waals surface area (Å²) >= 11 is 0. The van der Waals surface area contributed by atoms with E-state index in [0.717, 1.165) is 11.1 Å². The molecule has 1 aromatic heterocycles. The van der Waals surface area contributed by atoms with Crippen molar-refractivity contribution in [3.8, 4) is 11.5 Å². The Morgan fingerprint density at radius 1 is 0.862 bits per heavy atom. The average molecular weight is 386 g/mol. The van der Waals surface area contributed by atoms with Crippen LogP contribution in [0.15, 0.2) is 78.9 Å². The number of aromatic nitrogens is 1. The van der Waals surface area contributed by atoms with Crippen molar-refractivity contribution in [1.29, 1.82) is 0 Å². The Morgan fingerprint density at radius 2 is 1.52 bits per heavy atom. The number of nitrogens with one attached hydrogen (secondary N) is 2. The molecule has 0 atom stereocenters. The Kier molecular flexibility index (Phi) is 4.99. The van der Waals surface area contributed by atoms with Crippen LogP contribution in [-0.4, -0.2) is 22.0 Å². The number of benzene rings is 3. The third-order valence-electron chi connectivity index (χ3n) is 4.48. The lowest BCUT2D eigenvalue weighted by Crippen LogP contribution is -2.16. The zero-order valence-electron chi connectivity index (χ0n) is 15.4. The number of aromatic amines is 1. The average Bonchev–Trinajstić information content (AvgIpc) is 3.09. The lowest BCUT2D eigenvalue weighted by Gasteiger charge is -2.08. The van der Waals surface area contributed by atoms with Gasteiger partial charge in [-0.05, 0) is 42.5 Å². The van der Waals surface area contributed by atoms with Crippen LogP contribution in [0.4, 0.5) is 5.69 Å². The molecule has 0 spiro atoms. The first-order valence-electron chi connectivity index (χ1n) is 9.06. The second-order valence-electron chi connectivity index (χ2n) is 6.49. The molecule has 6 nitrogen and oxygen atoms in total. The van der Waals surface area contributed by atoms with Gasteiger partial charge in [-0.3, -0.25) is 4.79 Å². The van der Waals surface area contributed by atoms with Crippen LogP contribution in [0.3, 0.4) is 0 Å². The number of amides is 1. The predicted molar refractivity (Wildman–Crippen MR) is 111 cm³/mol. The number of para-hydroxylation sites is 2. The van der Waals surface area contributed by atoms with E-state index in [1.54, 1.807) is 36.4 Å². The van der Waals surface area contributed by atoms with Crippen molar-refractivity contribution in [2.75, 3.05) is 5.32 Å². The van der Waals surface area contributed by atoms with Crippen molar-refractivity contribution in [2.45, 2.75) is 6.42 Å². The minimum atomic E-state index is -1.09. The van der Waals surface area contributed by atoms with Crippen molar-refractivity contribution in [1.82, 2.24) is 4.98 Å². The molecule has 0 unspecified atom stereocenters. The van der Waals surface area contributed by atoms with Gasteiger partial charge in [-0.2, -0.15) is 0 Å². The summed E-state index contributed by atoms with van der Waals surface area (Å²) in [6.45, 7) is 0. The van der Waals surface area contributed by atoms with E-state index in [4.69, 9.17) is 4.74 Å². The molecule has 0 bridgehead atoms. The van der Waals surface area contributed by atoms with Gasteiger partial charge in [0.05, 0.1) is 6.42 Å². The number of carbonyl (C=O) groups is 2. The summed E-state index contributed by atoms with van der Waals surface area (Å²) in [4.78, 5) is 26.9. The van der Waals surface area contributed by atoms with Crippen LogP contribution >= 0.6 is 0 Å². The maximum absolute atomic E-state index is 12.5. The lowest BCUT2D eigenvalue weighted by molar-refractivity contribution is -0.115. The number of aromatic carboxylic acids is 1. The van der Waals surface area contributed by atoms with E-state index in [1.165, 1.54) is 0 Å². The molecule has 6 heteroatoms. The predicted octanol–water partition coefficient (Wildman–Crippen LogP) is 4.84. The molecule has 1 amide bonds. The second kappa shape index (κ2) is 7.90. The van der Waals surface area contributed by atoms with Gasteiger partial charge in [0.2, 0.25) is 5.91 Å². The highest BCUT2D eigenvalue weighted by Crippen LogP contribution is 2.25. The highest BCUT2D eigenvalue weighted by Gasteiger charge is 2.19. The topological polar surface area (TPSA) is 91.4 Å². The molecule has 0 aliphatic heterocycles. The first kappa shape index (κ1) is 18.3. The van der Waals surface area contributed by atoms with Crippen LogP contribution in [0.1, 0.15) is 16.1 Å². The zero-order chi connectivity index (χ0) is 20.2. The van der Waals surface area contributed by atoms with Gasteiger partial charge in [-0.15, -0.1) is 0 Å². The molecule has 0 radical (unpaired) electrons. The Balaban J connectivity index is 1.47. The molecule has 0 aliphatic carbocycles. The fourth-order valence-electron chi connectivity index (χ4n) is 3.16. The fraction of sp³-hybridized carbons (Fsp3) is 0.0435. The number of rotatable bonds is 6. The van der Waals surface area contributed by atoms with Crippen LogP contribution in [-0.2, 0) is 11.2 Å². The summed E-state index contributed by atoms with van der Waals surface area (Å²) in [5, 5.41) is 13.0. The standard InChI is InChI=1S/C23H18N2O4/c26-21(14-19-18-8-4-5-9-20(18)25-22(19)23(27)28)24-15-10-12-17(13-11-15)29-16-6-2-1-3-7-16/h1-13,25H,14H2,(H,24,26)(H,27,28). The van der Waals surface area contributed by atoms with Crippen molar-refractivity contribution < 1.29 is 19.4 Å². The zero-order valence-corrected chi connectivity index (χ0v) is 15.4. The molecule has 29 heavy (non-hydrogen) atoms. The summed E-state index contributed by atoms with van der Waals surface area (Å²) in [5.74, 6) is -0.00999. The first-order valence-corrected chi connectivity index (χ1v) is 9.06. The molecule has 4 rings (SSSR count). The number of H-pyrrole nitrogens is 1. The van der Waals surface area contributed by atoms with Gasteiger partial charge in [0, 0.05) is 22.2 Å². The molecule has 144 valence electrons. The largest absolute Gasteiger partial charge is 0.477 e. The van der Waals surface area contributed by atoms with E-state index >= 15 is 0 Å². The van der Waals surface area contributed by atoms with Gasteiger partial charge < -0.3 is 20.1 Å². The Hall–Kier alpha value is -4.06. The van der Waals surface area contributed by atoms with Crippen molar-refractivity contribution in [2.24, 2.45) is 0 Å². The molecule has 3 N–H and O–H groups in total. The number of hydrogen-bond acceptors (Lipinski definition) is 3. The summed E-state index contributed by atoms with van der Waals surface area (Å²) < 4.78 is 5.73. The second-order valence-corrected chi connectivity index (χ2v) is 6.49. The highest BCUT2D eigenvalue weighted by atomic mass is 16.5. The van der Waals surface area contributed by atoms with Crippen molar-refractivity contribution >= 4 is 28.5 Å². The van der Waals surface area contributed by atoms with Crippen molar-refractivity contribution in [3.63, 3.8) is 0 Å². The summed E-state index contributed by atoms with van der Waals surface area (Å²) in [5.41, 5.74) is 1.80. The van der Waals surface area contributed by atoms with Gasteiger partial charge >= 0.3 is 5.97 Å². The monoisotopic (exact) mass is 386 g/mol. The number of ether oxygens (including phenoxy) is 1. The van der Waals surface area contributed by atoms with Crippen LogP contribution in [0.5, 0.6) is 11.5 Å². The summed E-state index contributed by atoms with van der Waals surface area (Å²) in [7, 11) is 0. The number of carboxylic acid groups (broad SMARTS) is 1. The number of carbonyl (C=O) groups excluding carboxylic acids is 1. The molecular weight excluding hydrogens is 368 g/mol. The Bertz CT molecular complexity index is 1160. The third kappa shape index (κ3) is 4.11. The van der Waals surface area contributed by atoms with Crippen LogP contribution in [0, 0.1) is 0 Å². The van der Waals surface area contributed by atoms with Crippen LogP contribution in [0.2, 0.25) is 0 Å². The van der Waals surface area contributed by atoms with E-state index in [9.17, 15) is 14.7 Å². The number of anilines is 1. The van der Waals surface area contributed by atoms with E-state index < -0.39 is 5.97 Å². The van der Waals surface area contributed by atoms with Crippen LogP contribution < -0.4 is 10.1 Å². The van der Waals surface area contributed by atoms with E-state index in [1.807, 2.05) is 42.5 Å².